The molecular formula is C15H32N2. The van der Waals surface area contributed by atoms with Crippen LogP contribution in [0.5, 0.6) is 0 Å². The fourth-order valence-electron chi connectivity index (χ4n) is 2.87. The number of nitrogens with one attached hydrogen (secondary N) is 1. The lowest BCUT2D eigenvalue weighted by atomic mass is 9.84. The number of nitrogens with zero attached hydrogens (tertiary/aromatic N) is 1. The van der Waals surface area contributed by atoms with Gasteiger partial charge in [0.2, 0.25) is 0 Å². The third-order valence-corrected chi connectivity index (χ3v) is 4.14. The lowest BCUT2D eigenvalue weighted by Crippen LogP contribution is -2.45. The number of rotatable bonds is 5. The lowest BCUT2D eigenvalue weighted by molar-refractivity contribution is 0.138. The first-order valence-corrected chi connectivity index (χ1v) is 7.42. The van der Waals surface area contributed by atoms with E-state index in [9.17, 15) is 0 Å². The molecule has 2 atom stereocenters. The highest BCUT2D eigenvalue weighted by Gasteiger charge is 2.25. The molecule has 0 bridgehead atoms. The Balaban J connectivity index is 2.40. The summed E-state index contributed by atoms with van der Waals surface area (Å²) in [6.45, 7) is 15.3. The first-order valence-electron chi connectivity index (χ1n) is 7.42. The first kappa shape index (κ1) is 15.0. The van der Waals surface area contributed by atoms with Crippen molar-refractivity contribution >= 4 is 0 Å². The third kappa shape index (κ3) is 4.97. The van der Waals surface area contributed by atoms with E-state index in [-0.39, 0.29) is 0 Å². The van der Waals surface area contributed by atoms with Crippen molar-refractivity contribution in [3.05, 3.63) is 0 Å². The summed E-state index contributed by atoms with van der Waals surface area (Å²) in [6, 6.07) is 1.44. The van der Waals surface area contributed by atoms with Crippen LogP contribution in [0.3, 0.4) is 0 Å². The number of hydrogen-bond donors (Lipinski definition) is 1. The average Bonchev–Trinajstić information content (AvgIpc) is 2.24. The Morgan fingerprint density at radius 1 is 1.29 bits per heavy atom. The molecule has 1 heterocycles. The molecule has 0 radical (unpaired) electrons. The van der Waals surface area contributed by atoms with E-state index in [1.54, 1.807) is 0 Å². The molecule has 2 heteroatoms. The van der Waals surface area contributed by atoms with Gasteiger partial charge in [0.1, 0.15) is 0 Å². The Hall–Kier alpha value is -0.0800. The zero-order valence-corrected chi connectivity index (χ0v) is 12.6. The second-order valence-corrected chi connectivity index (χ2v) is 6.65. The molecule has 0 saturated carbocycles. The van der Waals surface area contributed by atoms with E-state index in [0.717, 1.165) is 12.6 Å². The molecule has 102 valence electrons. The van der Waals surface area contributed by atoms with Crippen LogP contribution in [-0.4, -0.2) is 36.6 Å². The Bertz CT molecular complexity index is 207. The van der Waals surface area contributed by atoms with Crippen molar-refractivity contribution in [3.8, 4) is 0 Å². The van der Waals surface area contributed by atoms with E-state index >= 15 is 0 Å². The third-order valence-electron chi connectivity index (χ3n) is 4.14. The molecule has 2 nitrogen and oxygen atoms in total. The van der Waals surface area contributed by atoms with Gasteiger partial charge < -0.3 is 10.2 Å². The van der Waals surface area contributed by atoms with E-state index in [0.29, 0.717) is 11.5 Å². The van der Waals surface area contributed by atoms with Crippen LogP contribution in [0.25, 0.3) is 0 Å². The highest BCUT2D eigenvalue weighted by molar-refractivity contribution is 4.82. The predicted octanol–water partition coefficient (Wildman–Crippen LogP) is 3.28. The summed E-state index contributed by atoms with van der Waals surface area (Å²) in [5.74, 6) is 0. The van der Waals surface area contributed by atoms with Gasteiger partial charge in [0.15, 0.2) is 0 Å². The zero-order valence-electron chi connectivity index (χ0n) is 12.6. The molecule has 1 saturated heterocycles. The summed E-state index contributed by atoms with van der Waals surface area (Å²) in [5, 5.41) is 3.65. The van der Waals surface area contributed by atoms with Crippen molar-refractivity contribution in [2.75, 3.05) is 19.6 Å². The van der Waals surface area contributed by atoms with E-state index in [2.05, 4.69) is 44.8 Å². The topological polar surface area (TPSA) is 15.3 Å². The highest BCUT2D eigenvalue weighted by Crippen LogP contribution is 2.23. The number of likely N-dealkylation sites (tertiary alicyclic amines) is 1. The van der Waals surface area contributed by atoms with Gasteiger partial charge in [-0.1, -0.05) is 34.1 Å². The SMILES string of the molecule is CCNC(CCN1CCCCC1C)C(C)(C)C. The van der Waals surface area contributed by atoms with E-state index in [1.165, 1.54) is 38.8 Å². The van der Waals surface area contributed by atoms with Crippen molar-refractivity contribution in [2.24, 2.45) is 5.41 Å². The van der Waals surface area contributed by atoms with Crippen LogP contribution in [0, 0.1) is 5.41 Å². The minimum absolute atomic E-state index is 0.370. The normalized spacial score (nSPS) is 24.9. The van der Waals surface area contributed by atoms with Crippen LogP contribution in [0.15, 0.2) is 0 Å². The maximum absolute atomic E-state index is 3.65. The van der Waals surface area contributed by atoms with Crippen molar-refractivity contribution < 1.29 is 0 Å². The maximum atomic E-state index is 3.65. The largest absolute Gasteiger partial charge is 0.314 e. The maximum Gasteiger partial charge on any atom is 0.0128 e. The van der Waals surface area contributed by atoms with Crippen LogP contribution >= 0.6 is 0 Å². The molecular weight excluding hydrogens is 208 g/mol. The molecule has 0 aromatic carbocycles. The summed E-state index contributed by atoms with van der Waals surface area (Å²) in [6.07, 6.45) is 5.49. The number of hydrogen-bond acceptors (Lipinski definition) is 2. The molecule has 17 heavy (non-hydrogen) atoms. The van der Waals surface area contributed by atoms with Crippen molar-refractivity contribution in [2.45, 2.75) is 72.4 Å². The molecule has 0 amide bonds. The number of piperidine rings is 1. The van der Waals surface area contributed by atoms with Crippen LogP contribution in [0.2, 0.25) is 0 Å². The molecule has 0 aliphatic carbocycles. The van der Waals surface area contributed by atoms with E-state index in [4.69, 9.17) is 0 Å². The fraction of sp³-hybridized carbons (Fsp3) is 1.00. The second-order valence-electron chi connectivity index (χ2n) is 6.65. The average molecular weight is 240 g/mol. The van der Waals surface area contributed by atoms with Crippen LogP contribution < -0.4 is 5.32 Å². The quantitative estimate of drug-likeness (QED) is 0.793. The van der Waals surface area contributed by atoms with E-state index < -0.39 is 0 Å². The van der Waals surface area contributed by atoms with Crippen LogP contribution in [-0.2, 0) is 0 Å². The Morgan fingerprint density at radius 3 is 2.53 bits per heavy atom. The van der Waals surface area contributed by atoms with Gasteiger partial charge in [-0.25, -0.2) is 0 Å². The molecule has 1 aliphatic rings. The van der Waals surface area contributed by atoms with Crippen molar-refractivity contribution in [3.63, 3.8) is 0 Å². The standard InChI is InChI=1S/C15H32N2/c1-6-16-14(15(3,4)5)10-12-17-11-8-7-9-13(17)2/h13-14,16H,6-12H2,1-5H3. The molecule has 1 rings (SSSR count). The summed E-state index contributed by atoms with van der Waals surface area (Å²) in [4.78, 5) is 2.68. The van der Waals surface area contributed by atoms with Gasteiger partial charge in [0.25, 0.3) is 0 Å². The lowest BCUT2D eigenvalue weighted by Gasteiger charge is -2.37. The first-order chi connectivity index (χ1) is 7.95. The summed E-state index contributed by atoms with van der Waals surface area (Å²) in [5.41, 5.74) is 0.370. The van der Waals surface area contributed by atoms with Gasteiger partial charge in [0.05, 0.1) is 0 Å². The zero-order chi connectivity index (χ0) is 12.9. The molecule has 1 aliphatic heterocycles. The second kappa shape index (κ2) is 6.75. The van der Waals surface area contributed by atoms with E-state index in [1.807, 2.05) is 0 Å². The highest BCUT2D eigenvalue weighted by atomic mass is 15.2. The molecule has 1 fully saturated rings. The molecule has 2 unspecified atom stereocenters. The molecule has 1 N–H and O–H groups in total. The van der Waals surface area contributed by atoms with Gasteiger partial charge in [0, 0.05) is 12.1 Å². The van der Waals surface area contributed by atoms with Gasteiger partial charge in [-0.2, -0.15) is 0 Å². The smallest absolute Gasteiger partial charge is 0.0128 e. The van der Waals surface area contributed by atoms with Crippen LogP contribution in [0.1, 0.15) is 60.3 Å². The van der Waals surface area contributed by atoms with Crippen molar-refractivity contribution in [1.82, 2.24) is 10.2 Å². The molecule has 0 aromatic heterocycles. The monoisotopic (exact) mass is 240 g/mol. The Kier molecular flexibility index (Phi) is 5.94. The van der Waals surface area contributed by atoms with Gasteiger partial charge in [-0.3, -0.25) is 0 Å². The summed E-state index contributed by atoms with van der Waals surface area (Å²) < 4.78 is 0. The minimum Gasteiger partial charge on any atom is -0.314 e. The van der Waals surface area contributed by atoms with Gasteiger partial charge in [-0.05, 0) is 51.2 Å². The predicted molar refractivity (Wildman–Crippen MR) is 76.4 cm³/mol. The summed E-state index contributed by atoms with van der Waals surface area (Å²) in [7, 11) is 0. The van der Waals surface area contributed by atoms with Crippen LogP contribution in [0.4, 0.5) is 0 Å². The van der Waals surface area contributed by atoms with Gasteiger partial charge in [-0.15, -0.1) is 0 Å². The minimum atomic E-state index is 0.370. The van der Waals surface area contributed by atoms with Crippen molar-refractivity contribution in [1.29, 1.82) is 0 Å². The summed E-state index contributed by atoms with van der Waals surface area (Å²) >= 11 is 0. The van der Waals surface area contributed by atoms with Gasteiger partial charge >= 0.3 is 0 Å². The Labute approximate surface area is 108 Å². The Morgan fingerprint density at radius 2 is 2.00 bits per heavy atom. The molecule has 0 spiro atoms. The fourth-order valence-corrected chi connectivity index (χ4v) is 2.87. The molecule has 0 aromatic rings.